The highest BCUT2D eigenvalue weighted by Gasteiger charge is 2.43. The number of aromatic amines is 1. The van der Waals surface area contributed by atoms with Gasteiger partial charge in [-0.15, -0.1) is 0 Å². The summed E-state index contributed by atoms with van der Waals surface area (Å²) in [6.45, 7) is 1.99. The van der Waals surface area contributed by atoms with Gasteiger partial charge in [0.2, 0.25) is 0 Å². The molecule has 0 saturated carbocycles. The van der Waals surface area contributed by atoms with Gasteiger partial charge in [0.25, 0.3) is 5.91 Å². The first-order chi connectivity index (χ1) is 13.7. The van der Waals surface area contributed by atoms with Crippen LogP contribution in [0.2, 0.25) is 0 Å². The molecular weight excluding hydrogens is 354 g/mol. The maximum Gasteiger partial charge on any atom is 0.272 e. The quantitative estimate of drug-likeness (QED) is 0.744. The number of ether oxygens (including phenoxy) is 2. The van der Waals surface area contributed by atoms with E-state index in [-0.39, 0.29) is 11.5 Å². The lowest BCUT2D eigenvalue weighted by Crippen LogP contribution is -2.48. The zero-order valence-electron chi connectivity index (χ0n) is 15.9. The molecule has 2 aliphatic rings. The van der Waals surface area contributed by atoms with Gasteiger partial charge in [0, 0.05) is 30.2 Å². The predicted molar refractivity (Wildman–Crippen MR) is 106 cm³/mol. The monoisotopic (exact) mass is 377 g/mol. The van der Waals surface area contributed by atoms with Crippen molar-refractivity contribution in [2.45, 2.75) is 24.9 Å². The minimum Gasteiger partial charge on any atom is -0.496 e. The number of methoxy groups -OCH3 is 1. The van der Waals surface area contributed by atoms with E-state index in [9.17, 15) is 4.79 Å². The lowest BCUT2D eigenvalue weighted by Gasteiger charge is -2.45. The van der Waals surface area contributed by atoms with Crippen LogP contribution >= 0.6 is 0 Å². The first-order valence-electron chi connectivity index (χ1n) is 9.74. The molecule has 1 aromatic carbocycles. The number of carbonyl (C=O) groups excluding carboxylic acids is 1. The van der Waals surface area contributed by atoms with Crippen molar-refractivity contribution in [1.29, 1.82) is 0 Å². The minimum absolute atomic E-state index is 0.0255. The summed E-state index contributed by atoms with van der Waals surface area (Å²) in [6.07, 6.45) is 4.26. The van der Waals surface area contributed by atoms with Crippen molar-refractivity contribution < 1.29 is 14.3 Å². The summed E-state index contributed by atoms with van der Waals surface area (Å²) in [6, 6.07) is 11.9. The van der Waals surface area contributed by atoms with Crippen molar-refractivity contribution in [2.75, 3.05) is 26.8 Å². The van der Waals surface area contributed by atoms with Crippen LogP contribution in [-0.4, -0.2) is 47.6 Å². The Labute approximate surface area is 163 Å². The molecule has 0 unspecified atom stereocenters. The van der Waals surface area contributed by atoms with Gasteiger partial charge in [-0.1, -0.05) is 12.1 Å². The highest BCUT2D eigenvalue weighted by molar-refractivity contribution is 5.94. The van der Waals surface area contributed by atoms with Crippen LogP contribution in [0.5, 0.6) is 5.75 Å². The van der Waals surface area contributed by atoms with E-state index in [0.717, 1.165) is 36.0 Å². The topological polar surface area (TPSA) is 67.5 Å². The fraction of sp³-hybridized carbons (Fsp3) is 0.364. The molecule has 2 aromatic heterocycles. The number of fused-ring (bicyclic) bond motifs is 3. The second-order valence-electron chi connectivity index (χ2n) is 7.49. The van der Waals surface area contributed by atoms with Crippen LogP contribution in [0.25, 0.3) is 11.0 Å². The maximum absolute atomic E-state index is 13.0. The maximum atomic E-state index is 13.0. The van der Waals surface area contributed by atoms with Gasteiger partial charge in [-0.3, -0.25) is 4.79 Å². The van der Waals surface area contributed by atoms with Crippen LogP contribution in [0.4, 0.5) is 0 Å². The molecule has 5 rings (SSSR count). The third-order valence-corrected chi connectivity index (χ3v) is 6.02. The number of aromatic nitrogens is 2. The molecule has 0 aliphatic carbocycles. The van der Waals surface area contributed by atoms with Gasteiger partial charge in [0.1, 0.15) is 22.7 Å². The van der Waals surface area contributed by atoms with Crippen LogP contribution in [0.1, 0.15) is 34.5 Å². The molecule has 6 heteroatoms. The number of amides is 1. The molecule has 0 bridgehead atoms. The molecule has 0 atom stereocenters. The molecule has 6 nitrogen and oxygen atoms in total. The molecule has 3 aromatic rings. The molecule has 1 spiro atoms. The Morgan fingerprint density at radius 1 is 1.21 bits per heavy atom. The zero-order chi connectivity index (χ0) is 19.1. The Bertz CT molecular complexity index is 1020. The summed E-state index contributed by atoms with van der Waals surface area (Å²) < 4.78 is 12.0. The zero-order valence-corrected chi connectivity index (χ0v) is 15.9. The van der Waals surface area contributed by atoms with E-state index in [4.69, 9.17) is 9.47 Å². The first kappa shape index (κ1) is 17.3. The Morgan fingerprint density at radius 2 is 2.07 bits per heavy atom. The Balaban J connectivity index is 1.39. The van der Waals surface area contributed by atoms with Gasteiger partial charge in [0.05, 0.1) is 13.7 Å². The number of benzene rings is 1. The van der Waals surface area contributed by atoms with Crippen LogP contribution in [0.15, 0.2) is 42.6 Å². The predicted octanol–water partition coefficient (Wildman–Crippen LogP) is 3.28. The molecule has 1 N–H and O–H groups in total. The summed E-state index contributed by atoms with van der Waals surface area (Å²) in [5.41, 5.74) is 3.32. The lowest BCUT2D eigenvalue weighted by molar-refractivity contribution is -0.0947. The molecule has 0 radical (unpaired) electrons. The number of H-pyrrole nitrogens is 1. The van der Waals surface area contributed by atoms with Gasteiger partial charge in [-0.05, 0) is 49.1 Å². The molecule has 1 saturated heterocycles. The largest absolute Gasteiger partial charge is 0.496 e. The van der Waals surface area contributed by atoms with Crippen LogP contribution < -0.4 is 4.74 Å². The van der Waals surface area contributed by atoms with Gasteiger partial charge in [-0.2, -0.15) is 0 Å². The van der Waals surface area contributed by atoms with Crippen molar-refractivity contribution in [3.63, 3.8) is 0 Å². The van der Waals surface area contributed by atoms with Crippen LogP contribution in [-0.2, 0) is 16.8 Å². The third-order valence-electron chi connectivity index (χ3n) is 6.02. The fourth-order valence-corrected chi connectivity index (χ4v) is 4.58. The van der Waals surface area contributed by atoms with Gasteiger partial charge in [-0.25, -0.2) is 4.98 Å². The number of pyridine rings is 1. The van der Waals surface area contributed by atoms with Gasteiger partial charge < -0.3 is 19.4 Å². The molecule has 4 heterocycles. The molecule has 2 aliphatic heterocycles. The third kappa shape index (κ3) is 2.67. The van der Waals surface area contributed by atoms with E-state index in [1.165, 1.54) is 11.1 Å². The number of carbonyl (C=O) groups is 1. The summed E-state index contributed by atoms with van der Waals surface area (Å²) in [5.74, 6) is 0.859. The van der Waals surface area contributed by atoms with Gasteiger partial charge >= 0.3 is 0 Å². The molecule has 1 fully saturated rings. The highest BCUT2D eigenvalue weighted by Crippen LogP contribution is 2.45. The Hall–Kier alpha value is -2.86. The first-order valence-corrected chi connectivity index (χ1v) is 9.74. The minimum atomic E-state index is -0.367. The number of piperidine rings is 1. The molecular formula is C22H23N3O3. The number of nitrogens with zero attached hydrogens (tertiary/aromatic N) is 2. The lowest BCUT2D eigenvalue weighted by atomic mass is 9.78. The summed E-state index contributed by atoms with van der Waals surface area (Å²) in [5, 5.41) is 1.01. The molecule has 28 heavy (non-hydrogen) atoms. The SMILES string of the molecule is COc1cccc2c1C1(CCN(C(=O)c3ccc4cc[nH]c4n3)CC1)OCC2. The van der Waals surface area contributed by atoms with E-state index in [0.29, 0.717) is 25.4 Å². The van der Waals surface area contributed by atoms with Crippen molar-refractivity contribution in [3.8, 4) is 5.75 Å². The average molecular weight is 377 g/mol. The van der Waals surface area contributed by atoms with E-state index < -0.39 is 0 Å². The summed E-state index contributed by atoms with van der Waals surface area (Å²) >= 11 is 0. The number of nitrogens with one attached hydrogen (secondary N) is 1. The fourth-order valence-electron chi connectivity index (χ4n) is 4.58. The van der Waals surface area contributed by atoms with Crippen molar-refractivity contribution in [3.05, 3.63) is 59.4 Å². The van der Waals surface area contributed by atoms with Crippen molar-refractivity contribution in [2.24, 2.45) is 0 Å². The number of likely N-dealkylation sites (tertiary alicyclic amines) is 1. The van der Waals surface area contributed by atoms with Gasteiger partial charge in [0.15, 0.2) is 0 Å². The van der Waals surface area contributed by atoms with E-state index in [1.807, 2.05) is 35.4 Å². The van der Waals surface area contributed by atoms with Crippen molar-refractivity contribution in [1.82, 2.24) is 14.9 Å². The summed E-state index contributed by atoms with van der Waals surface area (Å²) in [7, 11) is 1.71. The van der Waals surface area contributed by atoms with E-state index >= 15 is 0 Å². The summed E-state index contributed by atoms with van der Waals surface area (Å²) in [4.78, 5) is 22.4. The Morgan fingerprint density at radius 3 is 2.89 bits per heavy atom. The second kappa shape index (κ2) is 6.63. The molecule has 1 amide bonds. The van der Waals surface area contributed by atoms with E-state index in [1.54, 1.807) is 13.2 Å². The number of hydrogen-bond acceptors (Lipinski definition) is 4. The van der Waals surface area contributed by atoms with Crippen molar-refractivity contribution >= 4 is 16.9 Å². The Kier molecular flexibility index (Phi) is 4.09. The smallest absolute Gasteiger partial charge is 0.272 e. The van der Waals surface area contributed by atoms with Crippen LogP contribution in [0, 0.1) is 0 Å². The highest BCUT2D eigenvalue weighted by atomic mass is 16.5. The van der Waals surface area contributed by atoms with E-state index in [2.05, 4.69) is 16.0 Å². The normalized spacial score (nSPS) is 18.2. The second-order valence-corrected chi connectivity index (χ2v) is 7.49. The average Bonchev–Trinajstić information content (AvgIpc) is 3.21. The number of hydrogen-bond donors (Lipinski definition) is 1. The molecule has 144 valence electrons. The van der Waals surface area contributed by atoms with Crippen LogP contribution in [0.3, 0.4) is 0 Å². The standard InChI is InChI=1S/C22H23N3O3/c1-27-18-4-2-3-15-8-14-28-22(19(15)18)9-12-25(13-10-22)21(26)17-6-5-16-7-11-23-20(16)24-17/h2-7,11H,8-10,12-14H2,1H3,(H,23,24). The number of rotatable bonds is 2.